The predicted molar refractivity (Wildman–Crippen MR) is 153 cm³/mol. The molecule has 7 nitrogen and oxygen atoms in total. The summed E-state index contributed by atoms with van der Waals surface area (Å²) in [6.07, 6.45) is 22.5. The molecule has 0 aromatic carbocycles. The first-order chi connectivity index (χ1) is 17.6. The molecule has 1 unspecified atom stereocenters. The van der Waals surface area contributed by atoms with Crippen molar-refractivity contribution < 1.29 is 24.3 Å². The Kier molecular flexibility index (Phi) is 21.4. The lowest BCUT2D eigenvalue weighted by atomic mass is 10.0. The third-order valence-electron chi connectivity index (χ3n) is 6.80. The molecule has 1 heterocycles. The van der Waals surface area contributed by atoms with Gasteiger partial charge in [-0.2, -0.15) is 0 Å². The smallest absolute Gasteiger partial charge is 0.305 e. The van der Waals surface area contributed by atoms with E-state index in [4.69, 9.17) is 0 Å². The fraction of sp³-hybridized carbons (Fsp3) is 0.900. The molecule has 1 rings (SSSR count). The maximum atomic E-state index is 11.2. The number of aliphatic imine (C=N–C) groups is 1. The molecular weight excluding hydrogens is 466 g/mol. The molecule has 1 N–H and O–H groups in total. The van der Waals surface area contributed by atoms with Crippen molar-refractivity contribution in [2.75, 3.05) is 40.8 Å². The molecule has 218 valence electrons. The van der Waals surface area contributed by atoms with E-state index in [0.29, 0.717) is 4.48 Å². The topological polar surface area (TPSA) is 93.0 Å². The summed E-state index contributed by atoms with van der Waals surface area (Å²) in [5.74, 6) is -0.521. The van der Waals surface area contributed by atoms with E-state index in [2.05, 4.69) is 23.7 Å². The maximum Gasteiger partial charge on any atom is 0.305 e. The lowest BCUT2D eigenvalue weighted by Gasteiger charge is -2.29. The molecule has 0 saturated heterocycles. The average Bonchev–Trinajstić information content (AvgIpc) is 3.26. The van der Waals surface area contributed by atoms with Crippen LogP contribution >= 0.6 is 0 Å². The highest BCUT2D eigenvalue weighted by Crippen LogP contribution is 2.19. The summed E-state index contributed by atoms with van der Waals surface area (Å²) in [6, 6.07) is 0.130. The minimum absolute atomic E-state index is 0.0694. The molecule has 0 spiro atoms. The molecule has 0 saturated carbocycles. The quantitative estimate of drug-likeness (QED) is 0.145. The van der Waals surface area contributed by atoms with Gasteiger partial charge in [-0.25, -0.2) is 0 Å². The van der Waals surface area contributed by atoms with Crippen LogP contribution in [0.15, 0.2) is 4.99 Å². The number of hydrogen-bond acceptors (Lipinski definition) is 5. The summed E-state index contributed by atoms with van der Waals surface area (Å²) < 4.78 is 0.419. The van der Waals surface area contributed by atoms with Gasteiger partial charge >= 0.3 is 5.97 Å². The van der Waals surface area contributed by atoms with Gasteiger partial charge in [-0.05, 0) is 12.8 Å². The molecule has 0 aliphatic carbocycles. The van der Waals surface area contributed by atoms with Crippen LogP contribution in [0, 0.1) is 0 Å². The fourth-order valence-corrected chi connectivity index (χ4v) is 4.89. The molecule has 0 aromatic heterocycles. The van der Waals surface area contributed by atoms with Crippen LogP contribution in [-0.2, 0) is 9.59 Å². The first-order valence-electron chi connectivity index (χ1n) is 15.1. The monoisotopic (exact) mass is 525 g/mol. The van der Waals surface area contributed by atoms with E-state index >= 15 is 0 Å². The van der Waals surface area contributed by atoms with Gasteiger partial charge in [0.1, 0.15) is 6.54 Å². The van der Waals surface area contributed by atoms with Gasteiger partial charge in [0.2, 0.25) is 0 Å². The molecule has 37 heavy (non-hydrogen) atoms. The van der Waals surface area contributed by atoms with Gasteiger partial charge in [-0.3, -0.25) is 9.79 Å². The average molecular weight is 526 g/mol. The van der Waals surface area contributed by atoms with Crippen molar-refractivity contribution in [3.8, 4) is 0 Å². The highest BCUT2D eigenvalue weighted by molar-refractivity contribution is 5.84. The summed E-state index contributed by atoms with van der Waals surface area (Å²) in [4.78, 5) is 28.0. The first-order valence-corrected chi connectivity index (χ1v) is 15.1. The number of nitrogens with zero attached hydrogens (tertiary/aromatic N) is 3. The fourth-order valence-electron chi connectivity index (χ4n) is 4.89. The Labute approximate surface area is 228 Å². The number of hydrogen-bond donors (Lipinski definition) is 1. The van der Waals surface area contributed by atoms with Gasteiger partial charge < -0.3 is 24.4 Å². The summed E-state index contributed by atoms with van der Waals surface area (Å²) in [7, 11) is 5.40. The zero-order valence-electron chi connectivity index (χ0n) is 24.9. The summed E-state index contributed by atoms with van der Waals surface area (Å²) >= 11 is 0. The Balaban J connectivity index is 0.00000139. The van der Waals surface area contributed by atoms with E-state index in [-0.39, 0.29) is 19.0 Å². The number of amidine groups is 1. The normalized spacial score (nSPS) is 14.2. The molecule has 1 aliphatic heterocycles. The van der Waals surface area contributed by atoms with Gasteiger partial charge in [-0.15, -0.1) is 0 Å². The number of rotatable bonds is 22. The zero-order valence-corrected chi connectivity index (χ0v) is 24.9. The van der Waals surface area contributed by atoms with Gasteiger partial charge in [0.05, 0.1) is 45.9 Å². The van der Waals surface area contributed by atoms with Crippen LogP contribution in [0.25, 0.3) is 0 Å². The van der Waals surface area contributed by atoms with Crippen molar-refractivity contribution in [2.24, 2.45) is 4.99 Å². The highest BCUT2D eigenvalue weighted by Gasteiger charge is 2.26. The Morgan fingerprint density at radius 2 is 1.35 bits per heavy atom. The standard InChI is InChI=1S/C25H48N2O2.C5H11NO2/c1-3-5-6-7-8-9-10-11-12-13-14-15-16-17-19-24-26-20-21-27(24)23(18-4-2)22-25(28)29;1-6(2,3)4-5(7)8/h23H,3-22H2,1-2H3,(H,28,29);4H2,1-3H3. The number of quaternary nitrogens is 1. The van der Waals surface area contributed by atoms with Crippen LogP contribution in [0.2, 0.25) is 0 Å². The number of carboxylic acid groups (broad SMARTS) is 2. The van der Waals surface area contributed by atoms with E-state index in [1.807, 2.05) is 0 Å². The van der Waals surface area contributed by atoms with Crippen molar-refractivity contribution in [3.05, 3.63) is 0 Å². The summed E-state index contributed by atoms with van der Waals surface area (Å²) in [5, 5.41) is 19.1. The van der Waals surface area contributed by atoms with Gasteiger partial charge in [0.15, 0.2) is 0 Å². The van der Waals surface area contributed by atoms with Crippen LogP contribution in [-0.4, -0.2) is 79.1 Å². The van der Waals surface area contributed by atoms with E-state index in [9.17, 15) is 19.8 Å². The Morgan fingerprint density at radius 1 is 0.865 bits per heavy atom. The van der Waals surface area contributed by atoms with Crippen molar-refractivity contribution in [2.45, 2.75) is 135 Å². The number of aliphatic carboxylic acids is 2. The second kappa shape index (κ2) is 22.4. The third-order valence-corrected chi connectivity index (χ3v) is 6.80. The lowest BCUT2D eigenvalue weighted by Crippen LogP contribution is -2.45. The molecule has 0 fully saturated rings. The molecular formula is C30H59N3O4. The molecule has 1 aliphatic rings. The van der Waals surface area contributed by atoms with Crippen LogP contribution in [0.5, 0.6) is 0 Å². The van der Waals surface area contributed by atoms with Crippen LogP contribution < -0.4 is 5.11 Å². The van der Waals surface area contributed by atoms with Crippen molar-refractivity contribution in [1.82, 2.24) is 4.90 Å². The van der Waals surface area contributed by atoms with E-state index < -0.39 is 11.9 Å². The summed E-state index contributed by atoms with van der Waals surface area (Å²) in [5.41, 5.74) is 0. The van der Waals surface area contributed by atoms with E-state index in [1.54, 1.807) is 21.1 Å². The van der Waals surface area contributed by atoms with Crippen molar-refractivity contribution in [1.29, 1.82) is 0 Å². The largest absolute Gasteiger partial charge is 0.544 e. The van der Waals surface area contributed by atoms with Crippen molar-refractivity contribution in [3.63, 3.8) is 0 Å². The van der Waals surface area contributed by atoms with Crippen LogP contribution in [0.3, 0.4) is 0 Å². The van der Waals surface area contributed by atoms with Gasteiger partial charge in [0.25, 0.3) is 0 Å². The Bertz CT molecular complexity index is 616. The number of unbranched alkanes of at least 4 members (excludes halogenated alkanes) is 13. The van der Waals surface area contributed by atoms with Crippen LogP contribution in [0.4, 0.5) is 0 Å². The summed E-state index contributed by atoms with van der Waals surface area (Å²) in [6.45, 7) is 6.23. The molecule has 1 atom stereocenters. The molecule has 0 bridgehead atoms. The Hall–Kier alpha value is -1.63. The van der Waals surface area contributed by atoms with E-state index in [1.165, 1.54) is 95.7 Å². The predicted octanol–water partition coefficient (Wildman–Crippen LogP) is 5.66. The van der Waals surface area contributed by atoms with Gasteiger partial charge in [0, 0.05) is 19.0 Å². The number of likely N-dealkylation sites (N-methyl/N-ethyl adjacent to an activating group) is 1. The van der Waals surface area contributed by atoms with Gasteiger partial charge in [-0.1, -0.05) is 104 Å². The molecule has 0 radical (unpaired) electrons. The molecule has 7 heteroatoms. The minimum atomic E-state index is -1.00. The minimum Gasteiger partial charge on any atom is -0.544 e. The second-order valence-electron chi connectivity index (χ2n) is 11.7. The Morgan fingerprint density at radius 3 is 1.73 bits per heavy atom. The molecule has 0 aromatic rings. The van der Waals surface area contributed by atoms with E-state index in [0.717, 1.165) is 32.4 Å². The highest BCUT2D eigenvalue weighted by atomic mass is 16.4. The zero-order chi connectivity index (χ0) is 27.9. The molecule has 0 amide bonds. The number of carbonyl (C=O) groups is 2. The van der Waals surface area contributed by atoms with Crippen LogP contribution in [0.1, 0.15) is 129 Å². The second-order valence-corrected chi connectivity index (χ2v) is 11.7. The SMILES string of the molecule is CCCCCCCCCCCCCCCCC1=NCCN1C(CCC)CC(=O)O.C[N+](C)(C)CC(=O)[O-]. The number of carbonyl (C=O) groups excluding carboxylic acids is 1. The number of carboxylic acids is 2. The third kappa shape index (κ3) is 22.1. The lowest BCUT2D eigenvalue weighted by molar-refractivity contribution is -0.864. The van der Waals surface area contributed by atoms with Crippen molar-refractivity contribution >= 4 is 17.8 Å². The maximum absolute atomic E-state index is 11.2. The first kappa shape index (κ1) is 35.4.